The Balaban J connectivity index is 1.52. The lowest BCUT2D eigenvalue weighted by Crippen LogP contribution is -2.30. The molecule has 1 saturated heterocycles. The zero-order valence-corrected chi connectivity index (χ0v) is 21.7. The van der Waals surface area contributed by atoms with Gasteiger partial charge in [0.05, 0.1) is 16.3 Å². The minimum absolute atomic E-state index is 0.0555. The molecule has 5 aromatic rings. The van der Waals surface area contributed by atoms with Crippen LogP contribution in [0, 0.1) is 19.8 Å². The second kappa shape index (κ2) is 8.50. The molecule has 1 amide bonds. The van der Waals surface area contributed by atoms with Crippen LogP contribution < -0.4 is 4.90 Å². The molecule has 2 aromatic heterocycles. The molecule has 6 nitrogen and oxygen atoms in total. The van der Waals surface area contributed by atoms with Crippen LogP contribution in [0.5, 0.6) is 0 Å². The van der Waals surface area contributed by atoms with Crippen molar-refractivity contribution in [2.75, 3.05) is 4.90 Å². The number of para-hydroxylation sites is 1. The molecule has 3 heterocycles. The minimum Gasteiger partial charge on any atom is -0.453 e. The molecule has 0 saturated carbocycles. The lowest BCUT2D eigenvalue weighted by molar-refractivity contribution is -0.135. The van der Waals surface area contributed by atoms with Crippen molar-refractivity contribution in [1.29, 1.82) is 0 Å². The molecule has 2 unspecified atom stereocenters. The number of nitrogens with zero attached hydrogens (tertiary/aromatic N) is 2. The molecule has 0 aliphatic carbocycles. The number of ketones is 2. The van der Waals surface area contributed by atoms with Gasteiger partial charge in [-0.25, -0.2) is 4.98 Å². The third kappa shape index (κ3) is 3.60. The highest BCUT2D eigenvalue weighted by atomic mass is 79.9. The summed E-state index contributed by atoms with van der Waals surface area (Å²) >= 11 is 4.82. The number of carbonyl (C=O) groups excluding carboxylic acids is 3. The standard InChI is InChI=1S/C28H19BrN2O4S/c1-14-10-15(2)23-21(11-14)36-28(30-23)31-24(17-7-5-8-18(29)12-17)22(26(33)27(31)34)25(32)20-13-16-6-3-4-9-19(16)35-20/h3-13,22,24H,1-2H3. The molecule has 36 heavy (non-hydrogen) atoms. The van der Waals surface area contributed by atoms with Crippen LogP contribution in [0.2, 0.25) is 0 Å². The van der Waals surface area contributed by atoms with E-state index >= 15 is 0 Å². The van der Waals surface area contributed by atoms with Gasteiger partial charge >= 0.3 is 0 Å². The zero-order valence-electron chi connectivity index (χ0n) is 19.3. The Labute approximate surface area is 218 Å². The first kappa shape index (κ1) is 22.8. The van der Waals surface area contributed by atoms with Crippen LogP contribution in [-0.2, 0) is 9.59 Å². The topological polar surface area (TPSA) is 80.5 Å². The Morgan fingerprint density at radius 1 is 1.03 bits per heavy atom. The Morgan fingerprint density at radius 2 is 1.83 bits per heavy atom. The van der Waals surface area contributed by atoms with Gasteiger partial charge in [-0.1, -0.05) is 63.7 Å². The van der Waals surface area contributed by atoms with Crippen LogP contribution >= 0.6 is 27.3 Å². The predicted molar refractivity (Wildman–Crippen MR) is 143 cm³/mol. The summed E-state index contributed by atoms with van der Waals surface area (Å²) in [6.07, 6.45) is 0. The van der Waals surface area contributed by atoms with Crippen molar-refractivity contribution >= 4 is 71.1 Å². The number of halogens is 1. The highest BCUT2D eigenvalue weighted by molar-refractivity contribution is 9.10. The number of aryl methyl sites for hydroxylation is 2. The number of aromatic nitrogens is 1. The van der Waals surface area contributed by atoms with Gasteiger partial charge in [0.25, 0.3) is 5.91 Å². The van der Waals surface area contributed by atoms with Gasteiger partial charge in [0, 0.05) is 9.86 Å². The molecule has 178 valence electrons. The molecule has 6 rings (SSSR count). The summed E-state index contributed by atoms with van der Waals surface area (Å²) in [7, 11) is 0. The van der Waals surface area contributed by atoms with Crippen LogP contribution in [-0.4, -0.2) is 22.5 Å². The number of benzene rings is 3. The van der Waals surface area contributed by atoms with Gasteiger partial charge in [0.1, 0.15) is 11.5 Å². The number of amides is 1. The van der Waals surface area contributed by atoms with E-state index in [2.05, 4.69) is 15.9 Å². The summed E-state index contributed by atoms with van der Waals surface area (Å²) < 4.78 is 7.49. The van der Waals surface area contributed by atoms with Gasteiger partial charge in [0.15, 0.2) is 10.9 Å². The largest absolute Gasteiger partial charge is 0.453 e. The molecule has 0 bridgehead atoms. The number of anilines is 1. The molecule has 1 aliphatic heterocycles. The first-order valence-electron chi connectivity index (χ1n) is 11.4. The summed E-state index contributed by atoms with van der Waals surface area (Å²) in [6.45, 7) is 3.97. The molecular weight excluding hydrogens is 540 g/mol. The number of rotatable bonds is 4. The van der Waals surface area contributed by atoms with Gasteiger partial charge in [0.2, 0.25) is 11.6 Å². The third-order valence-electron chi connectivity index (χ3n) is 6.47. The van der Waals surface area contributed by atoms with Crippen molar-refractivity contribution in [3.8, 4) is 0 Å². The lowest BCUT2D eigenvalue weighted by Gasteiger charge is -2.24. The molecule has 1 aliphatic rings. The highest BCUT2D eigenvalue weighted by Gasteiger charge is 2.54. The van der Waals surface area contributed by atoms with Gasteiger partial charge in [-0.3, -0.25) is 19.3 Å². The number of hydrogen-bond acceptors (Lipinski definition) is 6. The van der Waals surface area contributed by atoms with E-state index in [0.29, 0.717) is 16.3 Å². The summed E-state index contributed by atoms with van der Waals surface area (Å²) in [5.74, 6) is -3.24. The molecule has 0 radical (unpaired) electrons. The number of carbonyl (C=O) groups is 3. The van der Waals surface area contributed by atoms with Crippen LogP contribution in [0.3, 0.4) is 0 Å². The van der Waals surface area contributed by atoms with Gasteiger partial charge in [-0.05, 0) is 60.9 Å². The van der Waals surface area contributed by atoms with Gasteiger partial charge in [-0.15, -0.1) is 0 Å². The Morgan fingerprint density at radius 3 is 2.61 bits per heavy atom. The summed E-state index contributed by atoms with van der Waals surface area (Å²) in [5, 5.41) is 1.15. The monoisotopic (exact) mass is 558 g/mol. The van der Waals surface area contributed by atoms with E-state index in [1.165, 1.54) is 16.2 Å². The molecule has 2 atom stereocenters. The van der Waals surface area contributed by atoms with E-state index < -0.39 is 29.4 Å². The Kier molecular flexibility index (Phi) is 5.39. The fraction of sp³-hybridized carbons (Fsp3) is 0.143. The number of fused-ring (bicyclic) bond motifs is 2. The van der Waals surface area contributed by atoms with Crippen molar-refractivity contribution in [3.05, 3.63) is 93.7 Å². The fourth-order valence-corrected chi connectivity index (χ4v) is 6.48. The normalized spacial score (nSPS) is 18.0. The van der Waals surface area contributed by atoms with Crippen molar-refractivity contribution in [1.82, 2.24) is 4.98 Å². The van der Waals surface area contributed by atoms with Gasteiger partial charge in [-0.2, -0.15) is 0 Å². The predicted octanol–water partition coefficient (Wildman–Crippen LogP) is 6.58. The average Bonchev–Trinajstić information content (AvgIpc) is 3.53. The van der Waals surface area contributed by atoms with Crippen molar-refractivity contribution in [3.63, 3.8) is 0 Å². The van der Waals surface area contributed by atoms with Crippen molar-refractivity contribution < 1.29 is 18.8 Å². The maximum atomic E-state index is 13.8. The smallest absolute Gasteiger partial charge is 0.297 e. The minimum atomic E-state index is -1.26. The summed E-state index contributed by atoms with van der Waals surface area (Å²) in [4.78, 5) is 46.8. The Hall–Kier alpha value is -3.62. The zero-order chi connectivity index (χ0) is 25.1. The lowest BCUT2D eigenvalue weighted by atomic mass is 9.88. The first-order chi connectivity index (χ1) is 17.3. The van der Waals surface area contributed by atoms with E-state index in [1.54, 1.807) is 12.1 Å². The highest BCUT2D eigenvalue weighted by Crippen LogP contribution is 2.44. The number of thiazole rings is 1. The van der Waals surface area contributed by atoms with Crippen LogP contribution in [0.15, 0.2) is 75.6 Å². The summed E-state index contributed by atoms with van der Waals surface area (Å²) in [6, 6.07) is 19.4. The van der Waals surface area contributed by atoms with Crippen LogP contribution in [0.4, 0.5) is 5.13 Å². The van der Waals surface area contributed by atoms with E-state index in [1.807, 2.05) is 68.4 Å². The molecule has 0 spiro atoms. The summed E-state index contributed by atoms with van der Waals surface area (Å²) in [5.41, 5.74) is 4.05. The van der Waals surface area contributed by atoms with Crippen LogP contribution in [0.1, 0.15) is 33.3 Å². The molecule has 3 aromatic carbocycles. The van der Waals surface area contributed by atoms with Crippen molar-refractivity contribution in [2.45, 2.75) is 19.9 Å². The average molecular weight is 559 g/mol. The molecule has 0 N–H and O–H groups in total. The van der Waals surface area contributed by atoms with E-state index in [9.17, 15) is 14.4 Å². The van der Waals surface area contributed by atoms with E-state index in [-0.39, 0.29) is 5.76 Å². The third-order valence-corrected chi connectivity index (χ3v) is 7.97. The molecule has 1 fully saturated rings. The van der Waals surface area contributed by atoms with Crippen molar-refractivity contribution in [2.24, 2.45) is 5.92 Å². The molecule has 8 heteroatoms. The number of Topliss-reactive ketones (excluding diaryl/α,β-unsaturated/α-hetero) is 2. The number of furan rings is 1. The van der Waals surface area contributed by atoms with E-state index in [4.69, 9.17) is 9.40 Å². The second-order valence-electron chi connectivity index (χ2n) is 8.95. The number of hydrogen-bond donors (Lipinski definition) is 0. The second-order valence-corrected chi connectivity index (χ2v) is 10.9. The quantitative estimate of drug-likeness (QED) is 0.141. The molecular formula is C28H19BrN2O4S. The van der Waals surface area contributed by atoms with Gasteiger partial charge < -0.3 is 4.42 Å². The Bertz CT molecular complexity index is 1690. The first-order valence-corrected chi connectivity index (χ1v) is 13.0. The maximum Gasteiger partial charge on any atom is 0.297 e. The fourth-order valence-electron chi connectivity index (χ4n) is 4.89. The SMILES string of the molecule is Cc1cc(C)c2nc(N3C(=O)C(=O)C(C(=O)c4cc5ccccc5o4)C3c3cccc(Br)c3)sc2c1. The van der Waals surface area contributed by atoms with E-state index in [0.717, 1.165) is 31.2 Å². The maximum absolute atomic E-state index is 13.8. The van der Waals surface area contributed by atoms with Crippen LogP contribution in [0.25, 0.3) is 21.2 Å².